The van der Waals surface area contributed by atoms with Crippen LogP contribution in [0.25, 0.3) is 11.1 Å². The summed E-state index contributed by atoms with van der Waals surface area (Å²) in [6.45, 7) is 6.17. The first-order chi connectivity index (χ1) is 16.1. The van der Waals surface area contributed by atoms with Crippen LogP contribution in [0, 0.1) is 0 Å². The van der Waals surface area contributed by atoms with Crippen LogP contribution in [-0.2, 0) is 12.6 Å². The molecule has 0 saturated carbocycles. The number of hydrogen-bond acceptors (Lipinski definition) is 3. The Bertz CT molecular complexity index is 1210. The number of rotatable bonds is 6. The molecule has 2 amide bonds. The minimum Gasteiger partial charge on any atom is -0.390 e. The summed E-state index contributed by atoms with van der Waals surface area (Å²) < 4.78 is 1.54. The van der Waals surface area contributed by atoms with Crippen molar-refractivity contribution >= 4 is 6.03 Å². The standard InChI is InChI=1S/C28H33N3O3/c1-20(21-10-12-22(13-11-21)23-14-16-30(4)25(32)18-23)31-17-15-28(29-26(31)33,19-27(2,3)34)24-8-6-5-7-9-24/h5-14,16,18,20,34H,15,17,19H2,1-4H3,(H,29,33). The molecule has 1 aromatic heterocycles. The highest BCUT2D eigenvalue weighted by molar-refractivity contribution is 5.77. The molecular formula is C28H33N3O3. The molecule has 1 aliphatic rings. The van der Waals surface area contributed by atoms with Gasteiger partial charge < -0.3 is 19.9 Å². The lowest BCUT2D eigenvalue weighted by molar-refractivity contribution is 0.0221. The van der Waals surface area contributed by atoms with Gasteiger partial charge in [0.25, 0.3) is 5.56 Å². The van der Waals surface area contributed by atoms with Crippen LogP contribution in [0.3, 0.4) is 0 Å². The summed E-state index contributed by atoms with van der Waals surface area (Å²) in [5.74, 6) is 0. The smallest absolute Gasteiger partial charge is 0.318 e. The summed E-state index contributed by atoms with van der Waals surface area (Å²) in [5.41, 5.74) is 2.28. The Morgan fingerprint density at radius 1 is 1.03 bits per heavy atom. The Morgan fingerprint density at radius 3 is 2.29 bits per heavy atom. The molecule has 1 saturated heterocycles. The number of nitrogens with zero attached hydrogens (tertiary/aromatic N) is 2. The topological polar surface area (TPSA) is 74.6 Å². The van der Waals surface area contributed by atoms with Crippen LogP contribution >= 0.6 is 0 Å². The van der Waals surface area contributed by atoms with Crippen molar-refractivity contribution in [3.8, 4) is 11.1 Å². The second kappa shape index (κ2) is 9.11. The Labute approximate surface area is 200 Å². The number of carbonyl (C=O) groups excluding carboxylic acids is 1. The fourth-order valence-corrected chi connectivity index (χ4v) is 4.93. The lowest BCUT2D eigenvalue weighted by Crippen LogP contribution is -2.60. The third-order valence-electron chi connectivity index (χ3n) is 6.75. The molecule has 178 valence electrons. The van der Waals surface area contributed by atoms with Gasteiger partial charge in [-0.3, -0.25) is 4.79 Å². The fourth-order valence-electron chi connectivity index (χ4n) is 4.93. The molecule has 2 aromatic carbocycles. The monoisotopic (exact) mass is 459 g/mol. The number of hydrogen-bond donors (Lipinski definition) is 2. The molecule has 0 aliphatic carbocycles. The number of carbonyl (C=O) groups is 1. The highest BCUT2D eigenvalue weighted by Crippen LogP contribution is 2.38. The number of pyridine rings is 1. The molecule has 2 atom stereocenters. The van der Waals surface area contributed by atoms with E-state index in [1.807, 2.05) is 72.5 Å². The molecule has 3 aromatic rings. The van der Waals surface area contributed by atoms with Crippen LogP contribution in [0.5, 0.6) is 0 Å². The highest BCUT2D eigenvalue weighted by atomic mass is 16.3. The highest BCUT2D eigenvalue weighted by Gasteiger charge is 2.43. The molecule has 6 nitrogen and oxygen atoms in total. The van der Waals surface area contributed by atoms with Crippen molar-refractivity contribution in [2.75, 3.05) is 6.54 Å². The number of aromatic nitrogens is 1. The zero-order valence-corrected chi connectivity index (χ0v) is 20.3. The number of aliphatic hydroxyl groups is 1. The Hall–Kier alpha value is -3.38. The van der Waals surface area contributed by atoms with Gasteiger partial charge in [-0.25, -0.2) is 4.79 Å². The van der Waals surface area contributed by atoms with Crippen molar-refractivity contribution in [3.63, 3.8) is 0 Å². The summed E-state index contributed by atoms with van der Waals surface area (Å²) in [5, 5.41) is 13.8. The van der Waals surface area contributed by atoms with E-state index in [4.69, 9.17) is 0 Å². The van der Waals surface area contributed by atoms with Gasteiger partial charge in [0, 0.05) is 32.3 Å². The summed E-state index contributed by atoms with van der Waals surface area (Å²) >= 11 is 0. The minimum absolute atomic E-state index is 0.0483. The van der Waals surface area contributed by atoms with Crippen LogP contribution in [0.2, 0.25) is 0 Å². The van der Waals surface area contributed by atoms with E-state index in [-0.39, 0.29) is 17.6 Å². The second-order valence-corrected chi connectivity index (χ2v) is 9.97. The molecule has 1 aliphatic heterocycles. The van der Waals surface area contributed by atoms with E-state index in [2.05, 4.69) is 5.32 Å². The molecule has 0 radical (unpaired) electrons. The van der Waals surface area contributed by atoms with Crippen molar-refractivity contribution < 1.29 is 9.90 Å². The molecule has 2 unspecified atom stereocenters. The Morgan fingerprint density at radius 2 is 1.71 bits per heavy atom. The van der Waals surface area contributed by atoms with E-state index in [9.17, 15) is 14.7 Å². The average molecular weight is 460 g/mol. The molecule has 34 heavy (non-hydrogen) atoms. The van der Waals surface area contributed by atoms with Crippen molar-refractivity contribution in [3.05, 3.63) is 94.4 Å². The minimum atomic E-state index is -0.925. The third-order valence-corrected chi connectivity index (χ3v) is 6.75. The van der Waals surface area contributed by atoms with Crippen LogP contribution in [0.15, 0.2) is 77.7 Å². The van der Waals surface area contributed by atoms with E-state index in [1.165, 1.54) is 0 Å². The van der Waals surface area contributed by atoms with Gasteiger partial charge in [-0.05, 0) is 55.5 Å². The van der Waals surface area contributed by atoms with Gasteiger partial charge in [-0.1, -0.05) is 54.6 Å². The first kappa shape index (κ1) is 23.8. The van der Waals surface area contributed by atoms with Gasteiger partial charge in [-0.15, -0.1) is 0 Å². The van der Waals surface area contributed by atoms with Gasteiger partial charge in [0.2, 0.25) is 0 Å². The summed E-state index contributed by atoms with van der Waals surface area (Å²) in [6.07, 6.45) is 2.89. The second-order valence-electron chi connectivity index (χ2n) is 9.97. The summed E-state index contributed by atoms with van der Waals surface area (Å²) in [7, 11) is 1.73. The van der Waals surface area contributed by atoms with Crippen molar-refractivity contribution in [1.82, 2.24) is 14.8 Å². The SMILES string of the molecule is CC(c1ccc(-c2ccn(C)c(=O)c2)cc1)N1CCC(CC(C)(C)O)(c2ccccc2)NC1=O. The van der Waals surface area contributed by atoms with Crippen LogP contribution < -0.4 is 10.9 Å². The first-order valence-corrected chi connectivity index (χ1v) is 11.7. The zero-order valence-electron chi connectivity index (χ0n) is 20.3. The molecule has 1 fully saturated rings. The molecule has 0 spiro atoms. The molecular weight excluding hydrogens is 426 g/mol. The lowest BCUT2D eigenvalue weighted by atomic mass is 9.77. The van der Waals surface area contributed by atoms with E-state index in [0.717, 1.165) is 22.3 Å². The fraction of sp³-hybridized carbons (Fsp3) is 0.357. The van der Waals surface area contributed by atoms with Gasteiger partial charge in [-0.2, -0.15) is 0 Å². The normalized spacial score (nSPS) is 19.6. The van der Waals surface area contributed by atoms with E-state index < -0.39 is 11.1 Å². The largest absolute Gasteiger partial charge is 0.390 e. The third kappa shape index (κ3) is 4.92. The van der Waals surface area contributed by atoms with Crippen molar-refractivity contribution in [2.24, 2.45) is 7.05 Å². The van der Waals surface area contributed by atoms with Crippen molar-refractivity contribution in [2.45, 2.75) is 50.8 Å². The van der Waals surface area contributed by atoms with Crippen LogP contribution in [0.4, 0.5) is 4.79 Å². The van der Waals surface area contributed by atoms with Gasteiger partial charge in [0.05, 0.1) is 17.2 Å². The number of aryl methyl sites for hydroxylation is 1. The zero-order chi connectivity index (χ0) is 24.5. The lowest BCUT2D eigenvalue weighted by Gasteiger charge is -2.47. The predicted octanol–water partition coefficient (Wildman–Crippen LogP) is 4.59. The maximum absolute atomic E-state index is 13.3. The summed E-state index contributed by atoms with van der Waals surface area (Å²) in [6, 6.07) is 21.2. The first-order valence-electron chi connectivity index (χ1n) is 11.7. The number of nitrogens with one attached hydrogen (secondary N) is 1. The number of urea groups is 1. The van der Waals surface area contributed by atoms with Gasteiger partial charge in [0.1, 0.15) is 0 Å². The van der Waals surface area contributed by atoms with E-state index in [0.29, 0.717) is 19.4 Å². The van der Waals surface area contributed by atoms with E-state index >= 15 is 0 Å². The molecule has 6 heteroatoms. The maximum Gasteiger partial charge on any atom is 0.318 e. The molecule has 2 N–H and O–H groups in total. The molecule has 2 heterocycles. The van der Waals surface area contributed by atoms with Gasteiger partial charge >= 0.3 is 6.03 Å². The number of benzene rings is 2. The number of amides is 2. The Kier molecular flexibility index (Phi) is 6.36. The van der Waals surface area contributed by atoms with Gasteiger partial charge in [0.15, 0.2) is 0 Å². The van der Waals surface area contributed by atoms with Crippen LogP contribution in [0.1, 0.15) is 50.8 Å². The van der Waals surface area contributed by atoms with E-state index in [1.54, 1.807) is 37.7 Å². The molecule has 0 bridgehead atoms. The van der Waals surface area contributed by atoms with Crippen LogP contribution in [-0.4, -0.2) is 32.8 Å². The predicted molar refractivity (Wildman–Crippen MR) is 134 cm³/mol. The quantitative estimate of drug-likeness (QED) is 0.566. The summed E-state index contributed by atoms with van der Waals surface area (Å²) in [4.78, 5) is 27.2. The Balaban J connectivity index is 1.54. The van der Waals surface area contributed by atoms with Crippen molar-refractivity contribution in [1.29, 1.82) is 0 Å². The maximum atomic E-state index is 13.3. The average Bonchev–Trinajstić information content (AvgIpc) is 2.80. The molecule has 4 rings (SSSR count).